The van der Waals surface area contributed by atoms with Crippen LogP contribution < -0.4 is 15.0 Å². The van der Waals surface area contributed by atoms with Crippen LogP contribution in [0.3, 0.4) is 0 Å². The summed E-state index contributed by atoms with van der Waals surface area (Å²) in [5.41, 5.74) is 6.76. The number of rotatable bonds is 5. The van der Waals surface area contributed by atoms with E-state index < -0.39 is 0 Å². The van der Waals surface area contributed by atoms with Gasteiger partial charge in [-0.15, -0.1) is 0 Å². The number of hydrogen-bond donors (Lipinski definition) is 1. The average molecular weight is 569 g/mol. The number of para-hydroxylation sites is 3. The summed E-state index contributed by atoms with van der Waals surface area (Å²) in [4.78, 5) is 24.8. The maximum Gasteiger partial charge on any atom is 0.337 e. The second-order valence-corrected chi connectivity index (χ2v) is 10.2. The number of carbonyl (C=O) groups excluding carboxylic acids is 1. The van der Waals surface area contributed by atoms with Gasteiger partial charge >= 0.3 is 5.97 Å². The van der Waals surface area contributed by atoms with E-state index in [0.29, 0.717) is 17.2 Å². The van der Waals surface area contributed by atoms with E-state index in [0.717, 1.165) is 51.1 Å². The van der Waals surface area contributed by atoms with E-state index in [2.05, 4.69) is 16.3 Å². The molecule has 0 amide bonds. The summed E-state index contributed by atoms with van der Waals surface area (Å²) in [7, 11) is 3.03. The molecule has 0 spiro atoms. The number of methoxy groups -OCH3 is 2. The highest BCUT2D eigenvalue weighted by atomic mass is 16.5. The lowest BCUT2D eigenvalue weighted by molar-refractivity contribution is 0.0600. The number of carbonyl (C=O) groups is 1. The molecule has 212 valence electrons. The molecule has 43 heavy (non-hydrogen) atoms. The fraction of sp³-hybridized carbons (Fsp3) is 0.118. The van der Waals surface area contributed by atoms with Crippen LogP contribution in [-0.2, 0) is 4.74 Å². The summed E-state index contributed by atoms with van der Waals surface area (Å²) in [6.07, 6.45) is 0. The Kier molecular flexibility index (Phi) is 6.47. The van der Waals surface area contributed by atoms with Crippen molar-refractivity contribution >= 4 is 40.5 Å². The highest BCUT2D eigenvalue weighted by molar-refractivity contribution is 6.51. The van der Waals surface area contributed by atoms with Gasteiger partial charge in [-0.3, -0.25) is 0 Å². The van der Waals surface area contributed by atoms with Gasteiger partial charge in [-0.1, -0.05) is 42.5 Å². The van der Waals surface area contributed by atoms with Gasteiger partial charge in [-0.2, -0.15) is 5.10 Å². The molecule has 0 fully saturated rings. The maximum absolute atomic E-state index is 12.3. The first kappa shape index (κ1) is 26.2. The minimum absolute atomic E-state index is 0.309. The Hall–Kier alpha value is -5.70. The zero-order chi connectivity index (χ0) is 29.5. The van der Waals surface area contributed by atoms with Gasteiger partial charge in [-0.05, 0) is 73.2 Å². The monoisotopic (exact) mass is 568 g/mol. The first-order valence-corrected chi connectivity index (χ1v) is 13.9. The van der Waals surface area contributed by atoms with Crippen LogP contribution in [0, 0.1) is 6.92 Å². The van der Waals surface area contributed by atoms with E-state index in [9.17, 15) is 4.79 Å². The van der Waals surface area contributed by atoms with Crippen molar-refractivity contribution in [2.75, 3.05) is 24.4 Å². The number of hydrogen-bond acceptors (Lipinski definition) is 8. The second kappa shape index (κ2) is 10.6. The summed E-state index contributed by atoms with van der Waals surface area (Å²) < 4.78 is 12.2. The van der Waals surface area contributed by atoms with Crippen LogP contribution >= 0.6 is 0 Å². The Morgan fingerprint density at radius 3 is 2.28 bits per heavy atom. The van der Waals surface area contributed by atoms with Gasteiger partial charge in [0.05, 0.1) is 48.6 Å². The topological polar surface area (TPSA) is 93.3 Å². The SMILES string of the molecule is COC(=O)c1ccc([C@@H]2c3c(C)nn(-c4ccccc4)c3N=C3C(Nc4ccc(OC)cc4)=Nc4ccccc4N32)cc1. The number of fused-ring (bicyclic) bond motifs is 4. The minimum Gasteiger partial charge on any atom is -0.497 e. The molecule has 5 aromatic rings. The highest BCUT2D eigenvalue weighted by Crippen LogP contribution is 2.48. The molecule has 9 nitrogen and oxygen atoms in total. The molecule has 3 heterocycles. The number of benzene rings is 4. The van der Waals surface area contributed by atoms with Crippen molar-refractivity contribution in [3.63, 3.8) is 0 Å². The molecule has 0 bridgehead atoms. The zero-order valence-electron chi connectivity index (χ0n) is 23.9. The van der Waals surface area contributed by atoms with Crippen molar-refractivity contribution < 1.29 is 14.3 Å². The fourth-order valence-corrected chi connectivity index (χ4v) is 5.59. The van der Waals surface area contributed by atoms with Gasteiger partial charge in [0, 0.05) is 11.3 Å². The minimum atomic E-state index is -0.382. The molecule has 1 aromatic heterocycles. The Labute approximate surface area is 248 Å². The smallest absolute Gasteiger partial charge is 0.337 e. The molecule has 0 saturated carbocycles. The third-order valence-electron chi connectivity index (χ3n) is 7.64. The molecule has 1 N–H and O–H groups in total. The zero-order valence-corrected chi connectivity index (χ0v) is 23.9. The van der Waals surface area contributed by atoms with Crippen LogP contribution in [0.25, 0.3) is 5.69 Å². The van der Waals surface area contributed by atoms with Gasteiger partial charge < -0.3 is 19.7 Å². The van der Waals surface area contributed by atoms with Gasteiger partial charge in [0.1, 0.15) is 5.75 Å². The van der Waals surface area contributed by atoms with Crippen LogP contribution in [0.1, 0.15) is 33.2 Å². The molecule has 7 rings (SSSR count). The predicted molar refractivity (Wildman–Crippen MR) is 168 cm³/mol. The largest absolute Gasteiger partial charge is 0.497 e. The molecule has 0 radical (unpaired) electrons. The van der Waals surface area contributed by atoms with Gasteiger partial charge in [0.2, 0.25) is 0 Å². The average Bonchev–Trinajstić information content (AvgIpc) is 3.40. The third kappa shape index (κ3) is 4.51. The van der Waals surface area contributed by atoms with Crippen LogP contribution in [-0.4, -0.2) is 41.6 Å². The normalized spacial score (nSPS) is 15.0. The van der Waals surface area contributed by atoms with Crippen LogP contribution in [0.5, 0.6) is 5.75 Å². The maximum atomic E-state index is 12.3. The highest BCUT2D eigenvalue weighted by Gasteiger charge is 2.41. The van der Waals surface area contributed by atoms with E-state index in [1.807, 2.05) is 96.5 Å². The number of amidine groups is 2. The molecule has 0 saturated heterocycles. The molecule has 0 unspecified atom stereocenters. The fourth-order valence-electron chi connectivity index (χ4n) is 5.59. The Morgan fingerprint density at radius 2 is 1.56 bits per heavy atom. The Morgan fingerprint density at radius 1 is 0.837 bits per heavy atom. The summed E-state index contributed by atoms with van der Waals surface area (Å²) in [6.45, 7) is 2.01. The number of ether oxygens (including phenoxy) is 2. The molecule has 4 aromatic carbocycles. The van der Waals surface area contributed by atoms with Crippen molar-refractivity contribution in [3.05, 3.63) is 126 Å². The number of anilines is 2. The summed E-state index contributed by atoms with van der Waals surface area (Å²) in [5.74, 6) is 2.36. The lowest BCUT2D eigenvalue weighted by atomic mass is 9.92. The summed E-state index contributed by atoms with van der Waals surface area (Å²) in [6, 6.07) is 32.9. The quantitative estimate of drug-likeness (QED) is 0.235. The van der Waals surface area contributed by atoms with Gasteiger partial charge in [0.15, 0.2) is 17.5 Å². The molecule has 1 atom stereocenters. The lowest BCUT2D eigenvalue weighted by Crippen LogP contribution is -2.46. The third-order valence-corrected chi connectivity index (χ3v) is 7.64. The van der Waals surface area contributed by atoms with Crippen molar-refractivity contribution in [2.45, 2.75) is 13.0 Å². The van der Waals surface area contributed by atoms with Crippen LogP contribution in [0.2, 0.25) is 0 Å². The number of aliphatic imine (C=N–C) groups is 2. The van der Waals surface area contributed by atoms with E-state index in [-0.39, 0.29) is 12.0 Å². The van der Waals surface area contributed by atoms with E-state index in [1.54, 1.807) is 19.2 Å². The van der Waals surface area contributed by atoms with Crippen LogP contribution in [0.4, 0.5) is 22.9 Å². The number of aryl methyl sites for hydroxylation is 1. The molecule has 2 aliphatic rings. The van der Waals surface area contributed by atoms with Crippen molar-refractivity contribution in [1.29, 1.82) is 0 Å². The number of aromatic nitrogens is 2. The number of esters is 1. The van der Waals surface area contributed by atoms with E-state index in [4.69, 9.17) is 24.6 Å². The van der Waals surface area contributed by atoms with E-state index >= 15 is 0 Å². The second-order valence-electron chi connectivity index (χ2n) is 10.2. The predicted octanol–water partition coefficient (Wildman–Crippen LogP) is 6.77. The molecule has 2 aliphatic heterocycles. The molecular formula is C34H28N6O3. The standard InChI is InChI=1S/C34H28N6O3/c1-21-29-30(22-13-15-23(16-14-22)34(41)43-3)39-28-12-8-7-11-27(28)36-31(35-24-17-19-26(42-2)20-18-24)33(39)37-32(29)40(38-21)25-9-5-4-6-10-25/h4-20,30H,1-3H3,(H,35,36)/t30-/m1/s1. The van der Waals surface area contributed by atoms with Gasteiger partial charge in [0.25, 0.3) is 0 Å². The van der Waals surface area contributed by atoms with Crippen LogP contribution in [0.15, 0.2) is 113 Å². The number of nitrogens with one attached hydrogen (secondary N) is 1. The lowest BCUT2D eigenvalue weighted by Gasteiger charge is -2.40. The summed E-state index contributed by atoms with van der Waals surface area (Å²) >= 11 is 0. The van der Waals surface area contributed by atoms with E-state index in [1.165, 1.54) is 7.11 Å². The Bertz CT molecular complexity index is 1890. The van der Waals surface area contributed by atoms with Gasteiger partial charge in [-0.25, -0.2) is 19.5 Å². The number of nitrogens with zero attached hydrogens (tertiary/aromatic N) is 5. The Balaban J connectivity index is 1.45. The molecule has 9 heteroatoms. The van der Waals surface area contributed by atoms with Crippen molar-refractivity contribution in [2.24, 2.45) is 9.98 Å². The first-order valence-electron chi connectivity index (χ1n) is 13.9. The van der Waals surface area contributed by atoms with Crippen molar-refractivity contribution in [1.82, 2.24) is 9.78 Å². The first-order chi connectivity index (χ1) is 21.1. The van der Waals surface area contributed by atoms with Crippen molar-refractivity contribution in [3.8, 4) is 11.4 Å². The molecule has 0 aliphatic carbocycles. The molecular weight excluding hydrogens is 540 g/mol. The summed E-state index contributed by atoms with van der Waals surface area (Å²) in [5, 5.41) is 8.48.